The van der Waals surface area contributed by atoms with E-state index in [1.165, 1.54) is 0 Å². The SMILES string of the molecule is Cc1nccn1C1CCN(C(=O)CCS(=O)(=O)c2ccc3cc(Br)ccc3c2)CC1. The summed E-state index contributed by atoms with van der Waals surface area (Å²) < 4.78 is 28.7. The Kier molecular flexibility index (Phi) is 5.97. The van der Waals surface area contributed by atoms with Crippen LogP contribution in [0.2, 0.25) is 0 Å². The molecule has 0 bridgehead atoms. The average Bonchev–Trinajstić information content (AvgIpc) is 3.17. The molecule has 1 aliphatic rings. The molecule has 30 heavy (non-hydrogen) atoms. The highest BCUT2D eigenvalue weighted by atomic mass is 79.9. The minimum absolute atomic E-state index is 0.00940. The summed E-state index contributed by atoms with van der Waals surface area (Å²) >= 11 is 3.42. The maximum atomic E-state index is 12.8. The summed E-state index contributed by atoms with van der Waals surface area (Å²) in [7, 11) is -3.52. The lowest BCUT2D eigenvalue weighted by Gasteiger charge is -2.33. The van der Waals surface area contributed by atoms with Gasteiger partial charge in [-0.15, -0.1) is 0 Å². The monoisotopic (exact) mass is 489 g/mol. The molecular formula is C22H24BrN3O3S. The molecule has 1 aromatic heterocycles. The van der Waals surface area contributed by atoms with Crippen molar-refractivity contribution in [2.45, 2.75) is 37.1 Å². The molecule has 2 aromatic carbocycles. The Morgan fingerprint density at radius 2 is 1.83 bits per heavy atom. The van der Waals surface area contributed by atoms with Crippen molar-refractivity contribution in [3.05, 3.63) is 59.1 Å². The van der Waals surface area contributed by atoms with E-state index in [4.69, 9.17) is 0 Å². The molecule has 0 atom stereocenters. The van der Waals surface area contributed by atoms with Gasteiger partial charge in [-0.2, -0.15) is 0 Å². The van der Waals surface area contributed by atoms with Gasteiger partial charge in [-0.25, -0.2) is 13.4 Å². The Morgan fingerprint density at radius 3 is 2.53 bits per heavy atom. The van der Waals surface area contributed by atoms with Crippen LogP contribution in [0.15, 0.2) is 58.2 Å². The van der Waals surface area contributed by atoms with Crippen LogP contribution in [0.3, 0.4) is 0 Å². The van der Waals surface area contributed by atoms with E-state index in [0.717, 1.165) is 33.9 Å². The Labute approximate surface area is 185 Å². The van der Waals surface area contributed by atoms with Crippen LogP contribution in [0.5, 0.6) is 0 Å². The molecule has 1 fully saturated rings. The fourth-order valence-electron chi connectivity index (χ4n) is 4.05. The third kappa shape index (κ3) is 4.44. The number of sulfone groups is 1. The summed E-state index contributed by atoms with van der Waals surface area (Å²) in [6.07, 6.45) is 5.50. The number of rotatable bonds is 5. The van der Waals surface area contributed by atoms with E-state index in [9.17, 15) is 13.2 Å². The van der Waals surface area contributed by atoms with Crippen LogP contribution >= 0.6 is 15.9 Å². The average molecular weight is 490 g/mol. The maximum Gasteiger partial charge on any atom is 0.223 e. The number of piperidine rings is 1. The number of fused-ring (bicyclic) bond motifs is 1. The zero-order valence-corrected chi connectivity index (χ0v) is 19.2. The van der Waals surface area contributed by atoms with Gasteiger partial charge in [-0.1, -0.05) is 28.1 Å². The van der Waals surface area contributed by atoms with E-state index in [1.54, 1.807) is 29.3 Å². The molecule has 0 N–H and O–H groups in total. The van der Waals surface area contributed by atoms with Gasteiger partial charge in [-0.3, -0.25) is 4.79 Å². The lowest BCUT2D eigenvalue weighted by atomic mass is 10.0. The predicted molar refractivity (Wildman–Crippen MR) is 120 cm³/mol. The van der Waals surface area contributed by atoms with Crippen molar-refractivity contribution in [2.24, 2.45) is 0 Å². The first kappa shape index (κ1) is 21.1. The Bertz CT molecular complexity index is 1180. The van der Waals surface area contributed by atoms with Crippen molar-refractivity contribution in [1.29, 1.82) is 0 Å². The molecule has 1 aliphatic heterocycles. The number of amides is 1. The van der Waals surface area contributed by atoms with Gasteiger partial charge in [0.05, 0.1) is 10.6 Å². The number of hydrogen-bond acceptors (Lipinski definition) is 4. The van der Waals surface area contributed by atoms with Crippen LogP contribution in [-0.2, 0) is 14.6 Å². The van der Waals surface area contributed by atoms with Crippen molar-refractivity contribution < 1.29 is 13.2 Å². The van der Waals surface area contributed by atoms with Gasteiger partial charge in [0.1, 0.15) is 5.82 Å². The number of carbonyl (C=O) groups excluding carboxylic acids is 1. The molecule has 4 rings (SSSR count). The molecule has 2 heterocycles. The van der Waals surface area contributed by atoms with Gasteiger partial charge >= 0.3 is 0 Å². The Hall–Kier alpha value is -2.19. The zero-order valence-electron chi connectivity index (χ0n) is 16.8. The summed E-state index contributed by atoms with van der Waals surface area (Å²) in [6, 6.07) is 11.2. The van der Waals surface area contributed by atoms with Crippen LogP contribution in [-0.4, -0.2) is 47.6 Å². The minimum Gasteiger partial charge on any atom is -0.343 e. The smallest absolute Gasteiger partial charge is 0.223 e. The Morgan fingerprint density at radius 1 is 1.13 bits per heavy atom. The number of halogens is 1. The van der Waals surface area contributed by atoms with E-state index in [-0.39, 0.29) is 23.0 Å². The third-order valence-corrected chi connectivity index (χ3v) is 8.00. The van der Waals surface area contributed by atoms with Gasteiger partial charge in [0.15, 0.2) is 9.84 Å². The first-order chi connectivity index (χ1) is 14.3. The summed E-state index contributed by atoms with van der Waals surface area (Å²) in [6.45, 7) is 3.27. The quantitative estimate of drug-likeness (QED) is 0.539. The van der Waals surface area contributed by atoms with Gasteiger partial charge in [0, 0.05) is 42.4 Å². The number of aromatic nitrogens is 2. The van der Waals surface area contributed by atoms with E-state index in [1.807, 2.05) is 31.3 Å². The second kappa shape index (κ2) is 8.51. The number of carbonyl (C=O) groups is 1. The van der Waals surface area contributed by atoms with Crippen molar-refractivity contribution in [3.8, 4) is 0 Å². The fourth-order valence-corrected chi connectivity index (χ4v) is 5.69. The Balaban J connectivity index is 1.36. The summed E-state index contributed by atoms with van der Waals surface area (Å²) in [5, 5.41) is 1.83. The van der Waals surface area contributed by atoms with Crippen LogP contribution in [0, 0.1) is 6.92 Å². The highest BCUT2D eigenvalue weighted by molar-refractivity contribution is 9.10. The topological polar surface area (TPSA) is 72.3 Å². The van der Waals surface area contributed by atoms with Gasteiger partial charge in [0.2, 0.25) is 5.91 Å². The summed E-state index contributed by atoms with van der Waals surface area (Å²) in [5.74, 6) is 0.715. The van der Waals surface area contributed by atoms with E-state index >= 15 is 0 Å². The molecule has 0 saturated carbocycles. The molecular weight excluding hydrogens is 466 g/mol. The second-order valence-corrected chi connectivity index (χ2v) is 10.7. The number of likely N-dealkylation sites (tertiary alicyclic amines) is 1. The van der Waals surface area contributed by atoms with Crippen molar-refractivity contribution in [1.82, 2.24) is 14.5 Å². The fraction of sp³-hybridized carbons (Fsp3) is 0.364. The largest absolute Gasteiger partial charge is 0.343 e. The number of aryl methyl sites for hydroxylation is 1. The van der Waals surface area contributed by atoms with Crippen molar-refractivity contribution >= 4 is 42.4 Å². The van der Waals surface area contributed by atoms with Crippen LogP contribution < -0.4 is 0 Å². The van der Waals surface area contributed by atoms with Crippen molar-refractivity contribution in [2.75, 3.05) is 18.8 Å². The number of imidazole rings is 1. The van der Waals surface area contributed by atoms with Crippen LogP contribution in [0.25, 0.3) is 10.8 Å². The molecule has 0 unspecified atom stereocenters. The number of benzene rings is 2. The second-order valence-electron chi connectivity index (χ2n) is 7.72. The standard InChI is InChI=1S/C22H24BrN3O3S/c1-16-24-9-12-26(16)20-6-10-25(11-7-20)22(27)8-13-30(28,29)21-5-3-17-14-19(23)4-2-18(17)15-21/h2-5,9,12,14-15,20H,6-8,10-11,13H2,1H3. The summed E-state index contributed by atoms with van der Waals surface area (Å²) in [4.78, 5) is 18.9. The minimum atomic E-state index is -3.52. The first-order valence-electron chi connectivity index (χ1n) is 10.0. The van der Waals surface area contributed by atoms with E-state index < -0.39 is 9.84 Å². The van der Waals surface area contributed by atoms with Crippen LogP contribution in [0.1, 0.15) is 31.1 Å². The predicted octanol–water partition coefficient (Wildman–Crippen LogP) is 4.13. The molecule has 0 spiro atoms. The van der Waals surface area contributed by atoms with Crippen molar-refractivity contribution in [3.63, 3.8) is 0 Å². The van der Waals surface area contributed by atoms with Gasteiger partial charge < -0.3 is 9.47 Å². The van der Waals surface area contributed by atoms with E-state index in [2.05, 4.69) is 25.5 Å². The molecule has 0 aliphatic carbocycles. The molecule has 3 aromatic rings. The molecule has 6 nitrogen and oxygen atoms in total. The van der Waals surface area contributed by atoms with Gasteiger partial charge in [-0.05, 0) is 54.8 Å². The molecule has 1 saturated heterocycles. The first-order valence-corrected chi connectivity index (χ1v) is 12.5. The molecule has 1 amide bonds. The normalized spacial score (nSPS) is 15.6. The third-order valence-electron chi connectivity index (χ3n) is 5.79. The maximum absolute atomic E-state index is 12.8. The molecule has 0 radical (unpaired) electrons. The van der Waals surface area contributed by atoms with Gasteiger partial charge in [0.25, 0.3) is 0 Å². The lowest BCUT2D eigenvalue weighted by molar-refractivity contribution is -0.132. The van der Waals surface area contributed by atoms with E-state index in [0.29, 0.717) is 19.1 Å². The molecule has 8 heteroatoms. The number of hydrogen-bond donors (Lipinski definition) is 0. The summed E-state index contributed by atoms with van der Waals surface area (Å²) in [5.41, 5.74) is 0. The van der Waals surface area contributed by atoms with Crippen LogP contribution in [0.4, 0.5) is 0 Å². The molecule has 158 valence electrons. The highest BCUT2D eigenvalue weighted by Gasteiger charge is 2.26. The number of nitrogens with zero attached hydrogens (tertiary/aromatic N) is 3. The zero-order chi connectivity index (χ0) is 21.3. The lowest BCUT2D eigenvalue weighted by Crippen LogP contribution is -2.39. The highest BCUT2D eigenvalue weighted by Crippen LogP contribution is 2.25.